The fraction of sp³-hybridized carbons (Fsp3) is 0.250. The number of non-ortho nitro benzene ring substituents is 1. The van der Waals surface area contributed by atoms with E-state index in [1.54, 1.807) is 18.2 Å². The quantitative estimate of drug-likeness (QED) is 0.322. The Morgan fingerprint density at radius 3 is 2.48 bits per heavy atom. The Bertz CT molecular complexity index is 757. The molecule has 2 rings (SSSR count). The van der Waals surface area contributed by atoms with Crippen molar-refractivity contribution in [2.45, 2.75) is 6.92 Å². The largest absolute Gasteiger partial charge is 0.451 e. The smallest absolute Gasteiger partial charge is 0.348 e. The summed E-state index contributed by atoms with van der Waals surface area (Å²) in [5, 5.41) is 16.2. The lowest BCUT2D eigenvalue weighted by Gasteiger charge is -2.08. The van der Waals surface area contributed by atoms with Gasteiger partial charge in [0.2, 0.25) is 0 Å². The molecule has 0 atom stereocenters. The lowest BCUT2D eigenvalue weighted by molar-refractivity contribution is -0.384. The van der Waals surface area contributed by atoms with Crippen LogP contribution < -0.4 is 10.6 Å². The molecule has 0 aliphatic carbocycles. The fourth-order valence-corrected chi connectivity index (χ4v) is 2.67. The monoisotopic (exact) mass is 363 g/mol. The number of rotatable bonds is 8. The number of thiophene rings is 1. The number of carbonyl (C=O) groups is 2. The summed E-state index contributed by atoms with van der Waals surface area (Å²) in [7, 11) is 0. The van der Waals surface area contributed by atoms with Gasteiger partial charge in [-0.15, -0.1) is 11.3 Å². The first-order chi connectivity index (χ1) is 12.0. The van der Waals surface area contributed by atoms with Crippen LogP contribution in [0.25, 0.3) is 0 Å². The Hall–Kier alpha value is -2.94. The molecule has 9 heteroatoms. The Labute approximate surface area is 148 Å². The molecule has 0 saturated carbocycles. The topological polar surface area (TPSA) is 111 Å². The summed E-state index contributed by atoms with van der Waals surface area (Å²) in [5.74, 6) is -0.913. The third-order valence-corrected chi connectivity index (χ3v) is 4.11. The van der Waals surface area contributed by atoms with Gasteiger partial charge in [0, 0.05) is 35.8 Å². The number of nitrogens with one attached hydrogen (secondary N) is 2. The first-order valence-corrected chi connectivity index (χ1v) is 8.26. The molecular weight excluding hydrogens is 346 g/mol. The highest BCUT2D eigenvalue weighted by Gasteiger charge is 2.11. The molecular formula is C16H17N3O5S. The van der Waals surface area contributed by atoms with E-state index in [4.69, 9.17) is 4.74 Å². The zero-order valence-electron chi connectivity index (χ0n) is 13.5. The Kier molecular flexibility index (Phi) is 6.47. The Morgan fingerprint density at radius 2 is 1.88 bits per heavy atom. The van der Waals surface area contributed by atoms with Gasteiger partial charge in [-0.1, -0.05) is 0 Å². The van der Waals surface area contributed by atoms with Gasteiger partial charge in [-0.25, -0.2) is 4.79 Å². The second-order valence-electron chi connectivity index (χ2n) is 5.07. The molecule has 0 bridgehead atoms. The highest BCUT2D eigenvalue weighted by Crippen LogP contribution is 2.16. The zero-order valence-corrected chi connectivity index (χ0v) is 14.3. The van der Waals surface area contributed by atoms with Gasteiger partial charge in [-0.05, 0) is 31.2 Å². The molecule has 2 N–H and O–H groups in total. The molecule has 1 heterocycles. The Morgan fingerprint density at radius 1 is 1.16 bits per heavy atom. The van der Waals surface area contributed by atoms with Gasteiger partial charge in [0.05, 0.1) is 4.92 Å². The number of nitro groups is 1. The van der Waals surface area contributed by atoms with Crippen LogP contribution in [-0.4, -0.2) is 36.5 Å². The second-order valence-corrected chi connectivity index (χ2v) is 6.36. The maximum Gasteiger partial charge on any atom is 0.348 e. The number of nitro benzene ring substituents is 1. The van der Waals surface area contributed by atoms with Gasteiger partial charge in [0.1, 0.15) is 4.88 Å². The third-order valence-electron chi connectivity index (χ3n) is 3.13. The summed E-state index contributed by atoms with van der Waals surface area (Å²) in [6.45, 7) is 2.30. The van der Waals surface area contributed by atoms with Gasteiger partial charge < -0.3 is 15.4 Å². The molecule has 0 saturated heterocycles. The molecule has 0 aliphatic rings. The predicted octanol–water partition coefficient (Wildman–Crippen LogP) is 2.35. The number of benzene rings is 1. The van der Waals surface area contributed by atoms with Crippen LogP contribution in [0.3, 0.4) is 0 Å². The van der Waals surface area contributed by atoms with E-state index in [-0.39, 0.29) is 12.3 Å². The maximum atomic E-state index is 11.7. The van der Waals surface area contributed by atoms with Crippen molar-refractivity contribution in [3.8, 4) is 0 Å². The van der Waals surface area contributed by atoms with E-state index >= 15 is 0 Å². The number of anilines is 1. The number of hydrogen-bond donors (Lipinski definition) is 2. The molecule has 8 nitrogen and oxygen atoms in total. The van der Waals surface area contributed by atoms with E-state index in [1.807, 2.05) is 13.0 Å². The van der Waals surface area contributed by atoms with Crippen molar-refractivity contribution in [3.63, 3.8) is 0 Å². The molecule has 0 fully saturated rings. The van der Waals surface area contributed by atoms with Crippen LogP contribution in [0, 0.1) is 17.0 Å². The minimum Gasteiger partial charge on any atom is -0.451 e. The van der Waals surface area contributed by atoms with E-state index in [9.17, 15) is 19.7 Å². The molecule has 1 amide bonds. The van der Waals surface area contributed by atoms with Crippen molar-refractivity contribution in [1.29, 1.82) is 0 Å². The number of amides is 1. The summed E-state index contributed by atoms with van der Waals surface area (Å²) in [5.41, 5.74) is 0.723. The maximum absolute atomic E-state index is 11.7. The first kappa shape index (κ1) is 18.4. The summed E-state index contributed by atoms with van der Waals surface area (Å²) < 4.78 is 4.93. The number of ether oxygens (including phenoxy) is 1. The van der Waals surface area contributed by atoms with E-state index in [1.165, 1.54) is 23.5 Å². The SMILES string of the molecule is Cc1ccc(C(=O)OCC(=O)NCCNc2ccc([N+](=O)[O-])cc2)s1. The molecule has 25 heavy (non-hydrogen) atoms. The van der Waals surface area contributed by atoms with Crippen LogP contribution in [0.15, 0.2) is 36.4 Å². The van der Waals surface area contributed by atoms with Crippen LogP contribution in [0.4, 0.5) is 11.4 Å². The minimum absolute atomic E-state index is 0.0154. The van der Waals surface area contributed by atoms with Crippen LogP contribution in [0.2, 0.25) is 0 Å². The van der Waals surface area contributed by atoms with Crippen molar-refractivity contribution >= 4 is 34.6 Å². The molecule has 0 radical (unpaired) electrons. The van der Waals surface area contributed by atoms with Crippen LogP contribution in [-0.2, 0) is 9.53 Å². The second kappa shape index (κ2) is 8.78. The average Bonchev–Trinajstić information content (AvgIpc) is 3.03. The van der Waals surface area contributed by atoms with Crippen molar-refractivity contribution in [2.75, 3.05) is 25.0 Å². The molecule has 1 aromatic heterocycles. The molecule has 132 valence electrons. The normalized spacial score (nSPS) is 10.1. The molecule has 0 unspecified atom stereocenters. The number of hydrogen-bond acceptors (Lipinski definition) is 7. The summed E-state index contributed by atoms with van der Waals surface area (Å²) >= 11 is 1.31. The molecule has 1 aromatic carbocycles. The van der Waals surface area contributed by atoms with Crippen LogP contribution in [0.5, 0.6) is 0 Å². The van der Waals surface area contributed by atoms with Gasteiger partial charge in [-0.3, -0.25) is 14.9 Å². The van der Waals surface area contributed by atoms with E-state index in [2.05, 4.69) is 10.6 Å². The highest BCUT2D eigenvalue weighted by molar-refractivity contribution is 7.13. The Balaban J connectivity index is 1.63. The lowest BCUT2D eigenvalue weighted by Crippen LogP contribution is -2.32. The number of carbonyl (C=O) groups excluding carboxylic acids is 2. The molecule has 0 spiro atoms. The molecule has 2 aromatic rings. The number of esters is 1. The van der Waals surface area contributed by atoms with Crippen LogP contribution >= 0.6 is 11.3 Å². The molecule has 0 aliphatic heterocycles. The zero-order chi connectivity index (χ0) is 18.2. The van der Waals surface area contributed by atoms with Crippen molar-refractivity contribution in [1.82, 2.24) is 5.32 Å². The number of aryl methyl sites for hydroxylation is 1. The minimum atomic E-state index is -0.516. The summed E-state index contributed by atoms with van der Waals surface area (Å²) in [4.78, 5) is 34.9. The number of nitrogens with zero attached hydrogens (tertiary/aromatic N) is 1. The average molecular weight is 363 g/mol. The summed E-state index contributed by atoms with van der Waals surface area (Å²) in [6, 6.07) is 9.44. The first-order valence-electron chi connectivity index (χ1n) is 7.44. The van der Waals surface area contributed by atoms with Crippen LogP contribution in [0.1, 0.15) is 14.5 Å². The van der Waals surface area contributed by atoms with Crippen molar-refractivity contribution in [2.24, 2.45) is 0 Å². The van der Waals surface area contributed by atoms with Gasteiger partial charge in [0.15, 0.2) is 6.61 Å². The van der Waals surface area contributed by atoms with E-state index in [0.29, 0.717) is 23.7 Å². The highest BCUT2D eigenvalue weighted by atomic mass is 32.1. The predicted molar refractivity (Wildman–Crippen MR) is 93.9 cm³/mol. The van der Waals surface area contributed by atoms with E-state index < -0.39 is 16.8 Å². The standard InChI is InChI=1S/C16H17N3O5S/c1-11-2-7-14(25-11)16(21)24-10-15(20)18-9-8-17-12-3-5-13(6-4-12)19(22)23/h2-7,17H,8-10H2,1H3,(H,18,20). The van der Waals surface area contributed by atoms with Crippen molar-refractivity contribution < 1.29 is 19.2 Å². The van der Waals surface area contributed by atoms with Gasteiger partial charge in [0.25, 0.3) is 11.6 Å². The lowest BCUT2D eigenvalue weighted by atomic mass is 10.3. The van der Waals surface area contributed by atoms with Crippen molar-refractivity contribution in [3.05, 3.63) is 56.3 Å². The van der Waals surface area contributed by atoms with Gasteiger partial charge >= 0.3 is 5.97 Å². The fourth-order valence-electron chi connectivity index (χ4n) is 1.91. The third kappa shape index (κ3) is 5.88. The van der Waals surface area contributed by atoms with E-state index in [0.717, 1.165) is 4.88 Å². The summed E-state index contributed by atoms with van der Waals surface area (Å²) in [6.07, 6.45) is 0. The van der Waals surface area contributed by atoms with Gasteiger partial charge in [-0.2, -0.15) is 0 Å².